The number of aromatic nitrogens is 1. The number of methoxy groups -OCH3 is 1. The zero-order chi connectivity index (χ0) is 15.0. The van der Waals surface area contributed by atoms with E-state index in [0.717, 1.165) is 26.1 Å². The van der Waals surface area contributed by atoms with Crippen LogP contribution in [0, 0.1) is 5.92 Å². The van der Waals surface area contributed by atoms with E-state index in [1.54, 1.807) is 7.11 Å². The molecule has 1 aromatic heterocycles. The summed E-state index contributed by atoms with van der Waals surface area (Å²) in [6.45, 7) is 11.7. The minimum atomic E-state index is 0.158. The van der Waals surface area contributed by atoms with Gasteiger partial charge >= 0.3 is 0 Å². The van der Waals surface area contributed by atoms with Crippen molar-refractivity contribution >= 4 is 11.3 Å². The summed E-state index contributed by atoms with van der Waals surface area (Å²) in [6.07, 6.45) is 3.58. The summed E-state index contributed by atoms with van der Waals surface area (Å²) in [6, 6.07) is 0. The molecular weight excluding hydrogens is 268 g/mol. The van der Waals surface area contributed by atoms with E-state index in [-0.39, 0.29) is 5.41 Å². The van der Waals surface area contributed by atoms with Crippen molar-refractivity contribution < 1.29 is 4.74 Å². The molecule has 1 atom stereocenters. The molecule has 0 amide bonds. The quantitative estimate of drug-likeness (QED) is 0.707. The van der Waals surface area contributed by atoms with Crippen LogP contribution in [-0.2, 0) is 16.6 Å². The van der Waals surface area contributed by atoms with Gasteiger partial charge in [-0.05, 0) is 18.9 Å². The van der Waals surface area contributed by atoms with Crippen LogP contribution in [0.5, 0.6) is 0 Å². The van der Waals surface area contributed by atoms with Crippen LogP contribution in [0.4, 0.5) is 0 Å². The monoisotopic (exact) mass is 298 g/mol. The topological polar surface area (TPSA) is 34.1 Å². The summed E-state index contributed by atoms with van der Waals surface area (Å²) in [7, 11) is 1.74. The predicted molar refractivity (Wildman–Crippen MR) is 87.7 cm³/mol. The number of thiazole rings is 1. The van der Waals surface area contributed by atoms with Crippen LogP contribution in [0.3, 0.4) is 0 Å². The fourth-order valence-corrected chi connectivity index (χ4v) is 3.30. The predicted octanol–water partition coefficient (Wildman–Crippen LogP) is 3.64. The van der Waals surface area contributed by atoms with E-state index in [9.17, 15) is 0 Å². The van der Waals surface area contributed by atoms with E-state index in [1.165, 1.54) is 23.5 Å². The van der Waals surface area contributed by atoms with Crippen LogP contribution in [0.25, 0.3) is 0 Å². The molecule has 1 aromatic rings. The van der Waals surface area contributed by atoms with Crippen molar-refractivity contribution in [2.24, 2.45) is 5.92 Å². The highest BCUT2D eigenvalue weighted by Crippen LogP contribution is 2.25. The molecule has 0 radical (unpaired) electrons. The smallest absolute Gasteiger partial charge is 0.0931 e. The number of ether oxygens (including phenoxy) is 1. The molecule has 1 N–H and O–H groups in total. The van der Waals surface area contributed by atoms with E-state index < -0.39 is 0 Å². The van der Waals surface area contributed by atoms with Gasteiger partial charge in [-0.25, -0.2) is 4.98 Å². The highest BCUT2D eigenvalue weighted by atomic mass is 32.1. The fraction of sp³-hybridized carbons (Fsp3) is 0.812. The van der Waals surface area contributed by atoms with Gasteiger partial charge < -0.3 is 10.1 Å². The Morgan fingerprint density at radius 3 is 2.70 bits per heavy atom. The summed E-state index contributed by atoms with van der Waals surface area (Å²) in [5, 5.41) is 6.98. The van der Waals surface area contributed by atoms with Crippen molar-refractivity contribution in [1.82, 2.24) is 10.3 Å². The second-order valence-electron chi connectivity index (χ2n) is 6.43. The number of hydrogen-bond donors (Lipinski definition) is 1. The molecule has 0 aliphatic rings. The molecule has 4 heteroatoms. The highest BCUT2D eigenvalue weighted by molar-refractivity contribution is 7.09. The van der Waals surface area contributed by atoms with Crippen LogP contribution in [0.1, 0.15) is 51.2 Å². The van der Waals surface area contributed by atoms with Gasteiger partial charge in [0.25, 0.3) is 0 Å². The first-order valence-electron chi connectivity index (χ1n) is 7.62. The molecule has 3 nitrogen and oxygen atoms in total. The molecule has 1 unspecified atom stereocenters. The van der Waals surface area contributed by atoms with Crippen molar-refractivity contribution in [3.05, 3.63) is 16.1 Å². The van der Waals surface area contributed by atoms with E-state index in [1.807, 2.05) is 11.3 Å². The van der Waals surface area contributed by atoms with Crippen molar-refractivity contribution in [2.75, 3.05) is 26.8 Å². The van der Waals surface area contributed by atoms with Crippen molar-refractivity contribution in [2.45, 2.75) is 52.4 Å². The Morgan fingerprint density at radius 1 is 1.40 bits per heavy atom. The Balaban J connectivity index is 2.50. The summed E-state index contributed by atoms with van der Waals surface area (Å²) in [4.78, 5) is 4.81. The molecule has 0 aliphatic carbocycles. The average Bonchev–Trinajstić information content (AvgIpc) is 2.83. The number of nitrogens with zero attached hydrogens (tertiary/aromatic N) is 1. The van der Waals surface area contributed by atoms with E-state index in [4.69, 9.17) is 9.72 Å². The Hall–Kier alpha value is -0.450. The molecule has 0 bridgehead atoms. The van der Waals surface area contributed by atoms with Crippen molar-refractivity contribution in [1.29, 1.82) is 0 Å². The number of hydrogen-bond acceptors (Lipinski definition) is 4. The molecule has 0 spiro atoms. The van der Waals surface area contributed by atoms with Gasteiger partial charge in [0.15, 0.2) is 0 Å². The van der Waals surface area contributed by atoms with Crippen LogP contribution >= 0.6 is 11.3 Å². The van der Waals surface area contributed by atoms with Crippen LogP contribution in [0.2, 0.25) is 0 Å². The first-order chi connectivity index (χ1) is 9.47. The molecule has 0 aromatic carbocycles. The number of nitrogens with one attached hydrogen (secondary N) is 1. The normalized spacial score (nSPS) is 13.7. The van der Waals surface area contributed by atoms with Crippen LogP contribution in [0.15, 0.2) is 5.38 Å². The number of rotatable bonds is 9. The minimum absolute atomic E-state index is 0.158. The molecule has 0 aliphatic heterocycles. The molecular formula is C16H30N2OS. The average molecular weight is 298 g/mol. The van der Waals surface area contributed by atoms with Crippen molar-refractivity contribution in [3.8, 4) is 0 Å². The Morgan fingerprint density at radius 2 is 2.15 bits per heavy atom. The molecule has 1 heterocycles. The summed E-state index contributed by atoms with van der Waals surface area (Å²) < 4.78 is 5.07. The van der Waals surface area contributed by atoms with E-state index >= 15 is 0 Å². The maximum Gasteiger partial charge on any atom is 0.0931 e. The fourth-order valence-electron chi connectivity index (χ4n) is 2.16. The standard InChI is InChI=1S/C16H30N2OS/c1-6-7-13(11-17-8-9-19-5)10-15-18-14(12-20-15)16(2,3)4/h12-13,17H,6-11H2,1-5H3. The van der Waals surface area contributed by atoms with Gasteiger partial charge in [-0.1, -0.05) is 34.1 Å². The minimum Gasteiger partial charge on any atom is -0.383 e. The maximum atomic E-state index is 5.07. The Bertz CT molecular complexity index is 371. The molecule has 0 saturated carbocycles. The lowest BCUT2D eigenvalue weighted by atomic mass is 9.93. The van der Waals surface area contributed by atoms with Crippen LogP contribution in [-0.4, -0.2) is 31.8 Å². The first-order valence-corrected chi connectivity index (χ1v) is 8.49. The zero-order valence-corrected chi connectivity index (χ0v) is 14.5. The third-order valence-corrected chi connectivity index (χ3v) is 4.27. The SMILES string of the molecule is CCCC(CNCCOC)Cc1nc(C(C)(C)C)cs1. The largest absolute Gasteiger partial charge is 0.383 e. The van der Waals surface area contributed by atoms with Gasteiger partial charge in [0.2, 0.25) is 0 Å². The van der Waals surface area contributed by atoms with Gasteiger partial charge in [0, 0.05) is 30.9 Å². The highest BCUT2D eigenvalue weighted by Gasteiger charge is 2.18. The van der Waals surface area contributed by atoms with Gasteiger partial charge in [-0.15, -0.1) is 11.3 Å². The molecule has 0 saturated heterocycles. The lowest BCUT2D eigenvalue weighted by Crippen LogP contribution is -2.27. The third-order valence-electron chi connectivity index (χ3n) is 3.40. The van der Waals surface area contributed by atoms with Gasteiger partial charge in [0.1, 0.15) is 0 Å². The molecule has 1 rings (SSSR count). The zero-order valence-electron chi connectivity index (χ0n) is 13.7. The van der Waals surface area contributed by atoms with Crippen LogP contribution < -0.4 is 5.32 Å². The first kappa shape index (κ1) is 17.6. The third kappa shape index (κ3) is 6.33. The molecule has 20 heavy (non-hydrogen) atoms. The lowest BCUT2D eigenvalue weighted by molar-refractivity contribution is 0.197. The summed E-state index contributed by atoms with van der Waals surface area (Å²) in [5.41, 5.74) is 1.38. The second kappa shape index (κ2) is 8.75. The van der Waals surface area contributed by atoms with Gasteiger partial charge in [-0.3, -0.25) is 0 Å². The van der Waals surface area contributed by atoms with Gasteiger partial charge in [0.05, 0.1) is 17.3 Å². The molecule has 116 valence electrons. The summed E-state index contributed by atoms with van der Waals surface area (Å²) in [5.74, 6) is 0.677. The van der Waals surface area contributed by atoms with E-state index in [2.05, 4.69) is 38.4 Å². The lowest BCUT2D eigenvalue weighted by Gasteiger charge is -2.16. The Kier molecular flexibility index (Phi) is 7.70. The second-order valence-corrected chi connectivity index (χ2v) is 7.37. The maximum absolute atomic E-state index is 5.07. The van der Waals surface area contributed by atoms with Gasteiger partial charge in [-0.2, -0.15) is 0 Å². The molecule has 0 fully saturated rings. The van der Waals surface area contributed by atoms with Crippen molar-refractivity contribution in [3.63, 3.8) is 0 Å². The van der Waals surface area contributed by atoms with E-state index in [0.29, 0.717) is 5.92 Å². The Labute approximate surface area is 128 Å². The summed E-state index contributed by atoms with van der Waals surface area (Å²) >= 11 is 1.81.